The maximum atomic E-state index is 5.43. The van der Waals surface area contributed by atoms with Gasteiger partial charge in [-0.3, -0.25) is 4.98 Å². The standard InChI is InChI=1S/C20H18N6OS/c1-2-17-19(23-16(1)14-3-6-21-7-4-14)28-20(24-17)25-18-13-15(5-8-22-18)26-9-11-27-12-10-26/h1-8,13H,9-12H2,(H,22,24,25). The van der Waals surface area contributed by atoms with Crippen molar-refractivity contribution >= 4 is 38.3 Å². The average molecular weight is 390 g/mol. The van der Waals surface area contributed by atoms with Crippen LogP contribution in [0.3, 0.4) is 0 Å². The van der Waals surface area contributed by atoms with Gasteiger partial charge in [0.25, 0.3) is 0 Å². The van der Waals surface area contributed by atoms with Crippen LogP contribution in [0.1, 0.15) is 0 Å². The zero-order chi connectivity index (χ0) is 18.8. The van der Waals surface area contributed by atoms with Crippen molar-refractivity contribution in [2.75, 3.05) is 36.5 Å². The second kappa shape index (κ2) is 7.49. The zero-order valence-corrected chi connectivity index (χ0v) is 15.9. The predicted molar refractivity (Wildman–Crippen MR) is 111 cm³/mol. The van der Waals surface area contributed by atoms with Gasteiger partial charge >= 0.3 is 0 Å². The van der Waals surface area contributed by atoms with E-state index in [1.54, 1.807) is 12.4 Å². The van der Waals surface area contributed by atoms with Gasteiger partial charge in [0.1, 0.15) is 16.2 Å². The number of aromatic nitrogens is 4. The van der Waals surface area contributed by atoms with Gasteiger partial charge in [0, 0.05) is 49.0 Å². The van der Waals surface area contributed by atoms with Gasteiger partial charge in [-0.1, -0.05) is 11.3 Å². The molecule has 0 atom stereocenters. The summed E-state index contributed by atoms with van der Waals surface area (Å²) in [7, 11) is 0. The largest absolute Gasteiger partial charge is 0.378 e. The minimum Gasteiger partial charge on any atom is -0.378 e. The third-order valence-electron chi connectivity index (χ3n) is 4.59. The Morgan fingerprint density at radius 2 is 1.82 bits per heavy atom. The molecule has 1 aliphatic rings. The maximum absolute atomic E-state index is 5.43. The van der Waals surface area contributed by atoms with E-state index in [1.165, 1.54) is 11.3 Å². The maximum Gasteiger partial charge on any atom is 0.190 e. The Hall–Kier alpha value is -3.10. The summed E-state index contributed by atoms with van der Waals surface area (Å²) in [4.78, 5) is 21.1. The number of rotatable bonds is 4. The first-order valence-electron chi connectivity index (χ1n) is 9.09. The van der Waals surface area contributed by atoms with E-state index in [9.17, 15) is 0 Å². The molecule has 4 aromatic heterocycles. The molecule has 0 aromatic carbocycles. The molecule has 0 unspecified atom stereocenters. The van der Waals surface area contributed by atoms with Crippen LogP contribution in [0.2, 0.25) is 0 Å². The highest BCUT2D eigenvalue weighted by molar-refractivity contribution is 7.21. The minimum absolute atomic E-state index is 0.758. The minimum atomic E-state index is 0.758. The molecule has 5 rings (SSSR count). The van der Waals surface area contributed by atoms with Gasteiger partial charge in [-0.2, -0.15) is 0 Å². The molecule has 8 heteroatoms. The highest BCUT2D eigenvalue weighted by Gasteiger charge is 2.13. The molecule has 4 aromatic rings. The van der Waals surface area contributed by atoms with E-state index in [-0.39, 0.29) is 0 Å². The predicted octanol–water partition coefficient (Wildman–Crippen LogP) is 3.73. The van der Waals surface area contributed by atoms with Gasteiger partial charge in [0.15, 0.2) is 5.13 Å². The van der Waals surface area contributed by atoms with Crippen LogP contribution < -0.4 is 10.2 Å². The van der Waals surface area contributed by atoms with Crippen LogP contribution in [0.25, 0.3) is 21.6 Å². The summed E-state index contributed by atoms with van der Waals surface area (Å²) in [5.41, 5.74) is 3.96. The van der Waals surface area contributed by atoms with E-state index in [0.717, 1.165) is 64.5 Å². The number of thiazole rings is 1. The van der Waals surface area contributed by atoms with Crippen molar-refractivity contribution in [1.29, 1.82) is 0 Å². The van der Waals surface area contributed by atoms with Gasteiger partial charge in [0.2, 0.25) is 0 Å². The van der Waals surface area contributed by atoms with E-state index in [4.69, 9.17) is 9.72 Å². The molecule has 1 fully saturated rings. The highest BCUT2D eigenvalue weighted by atomic mass is 32.1. The Balaban J connectivity index is 1.39. The quantitative estimate of drug-likeness (QED) is 0.569. The molecule has 7 nitrogen and oxygen atoms in total. The lowest BCUT2D eigenvalue weighted by molar-refractivity contribution is 0.122. The SMILES string of the molecule is c1cc(-c2ccc3nc(Nc4cc(N5CCOCC5)ccn4)sc3n2)ccn1. The number of fused-ring (bicyclic) bond motifs is 1. The van der Waals surface area contributed by atoms with Crippen LogP contribution in [0.4, 0.5) is 16.6 Å². The summed E-state index contributed by atoms with van der Waals surface area (Å²) >= 11 is 1.52. The lowest BCUT2D eigenvalue weighted by Gasteiger charge is -2.28. The summed E-state index contributed by atoms with van der Waals surface area (Å²) in [5.74, 6) is 0.775. The normalized spacial score (nSPS) is 14.4. The summed E-state index contributed by atoms with van der Waals surface area (Å²) in [6.07, 6.45) is 5.36. The molecule has 1 aliphatic heterocycles. The number of nitrogens with one attached hydrogen (secondary N) is 1. The van der Waals surface area contributed by atoms with E-state index in [0.29, 0.717) is 0 Å². The average Bonchev–Trinajstić information content (AvgIpc) is 3.16. The summed E-state index contributed by atoms with van der Waals surface area (Å²) in [6.45, 7) is 3.31. The monoisotopic (exact) mass is 390 g/mol. The van der Waals surface area contributed by atoms with Crippen molar-refractivity contribution in [1.82, 2.24) is 19.9 Å². The molecule has 0 spiro atoms. The molecule has 0 bridgehead atoms. The lowest BCUT2D eigenvalue weighted by Crippen LogP contribution is -2.36. The number of morpholine rings is 1. The first kappa shape index (κ1) is 17.0. The molecule has 0 amide bonds. The Bertz CT molecular complexity index is 1090. The van der Waals surface area contributed by atoms with E-state index in [1.807, 2.05) is 42.6 Å². The summed E-state index contributed by atoms with van der Waals surface area (Å²) in [6, 6.07) is 12.0. The number of nitrogens with zero attached hydrogens (tertiary/aromatic N) is 5. The smallest absolute Gasteiger partial charge is 0.190 e. The molecular weight excluding hydrogens is 372 g/mol. The Morgan fingerprint density at radius 3 is 2.68 bits per heavy atom. The number of hydrogen-bond donors (Lipinski definition) is 1. The fourth-order valence-corrected chi connectivity index (χ4v) is 4.01. The number of ether oxygens (including phenoxy) is 1. The molecule has 0 radical (unpaired) electrons. The lowest BCUT2D eigenvalue weighted by atomic mass is 10.2. The fourth-order valence-electron chi connectivity index (χ4n) is 3.17. The van der Waals surface area contributed by atoms with Crippen LogP contribution in [-0.4, -0.2) is 46.2 Å². The van der Waals surface area contributed by atoms with E-state index >= 15 is 0 Å². The molecule has 5 heterocycles. The number of anilines is 3. The Morgan fingerprint density at radius 1 is 0.964 bits per heavy atom. The van der Waals surface area contributed by atoms with Crippen molar-refractivity contribution in [3.8, 4) is 11.3 Å². The van der Waals surface area contributed by atoms with Crippen molar-refractivity contribution < 1.29 is 4.74 Å². The molecule has 28 heavy (non-hydrogen) atoms. The van der Waals surface area contributed by atoms with E-state index in [2.05, 4.69) is 25.2 Å². The molecule has 140 valence electrons. The van der Waals surface area contributed by atoms with Crippen molar-refractivity contribution in [2.24, 2.45) is 0 Å². The van der Waals surface area contributed by atoms with Gasteiger partial charge in [-0.05, 0) is 30.3 Å². The van der Waals surface area contributed by atoms with Crippen LogP contribution in [0.5, 0.6) is 0 Å². The zero-order valence-electron chi connectivity index (χ0n) is 15.1. The molecule has 0 aliphatic carbocycles. The second-order valence-corrected chi connectivity index (χ2v) is 7.38. The second-order valence-electron chi connectivity index (χ2n) is 6.40. The van der Waals surface area contributed by atoms with Crippen LogP contribution in [-0.2, 0) is 4.74 Å². The van der Waals surface area contributed by atoms with Crippen LogP contribution >= 0.6 is 11.3 Å². The van der Waals surface area contributed by atoms with Crippen molar-refractivity contribution in [3.63, 3.8) is 0 Å². The number of pyridine rings is 3. The van der Waals surface area contributed by atoms with Crippen LogP contribution in [0.15, 0.2) is 55.0 Å². The highest BCUT2D eigenvalue weighted by Crippen LogP contribution is 2.29. The summed E-state index contributed by atoms with van der Waals surface area (Å²) < 4.78 is 5.43. The molecule has 0 saturated carbocycles. The Labute approximate surface area is 166 Å². The Kier molecular flexibility index (Phi) is 4.56. The van der Waals surface area contributed by atoms with Gasteiger partial charge in [0.05, 0.1) is 18.9 Å². The molecular formula is C20H18N6OS. The third-order valence-corrected chi connectivity index (χ3v) is 5.47. The van der Waals surface area contributed by atoms with Gasteiger partial charge in [-0.25, -0.2) is 15.0 Å². The fraction of sp³-hybridized carbons (Fsp3) is 0.200. The van der Waals surface area contributed by atoms with Crippen molar-refractivity contribution in [3.05, 3.63) is 55.0 Å². The van der Waals surface area contributed by atoms with Gasteiger partial charge < -0.3 is 15.0 Å². The molecule has 1 N–H and O–H groups in total. The number of hydrogen-bond acceptors (Lipinski definition) is 8. The topological polar surface area (TPSA) is 76.1 Å². The third kappa shape index (κ3) is 3.51. The summed E-state index contributed by atoms with van der Waals surface area (Å²) in [5, 5.41) is 4.10. The van der Waals surface area contributed by atoms with Crippen LogP contribution in [0, 0.1) is 0 Å². The van der Waals surface area contributed by atoms with Crippen molar-refractivity contribution in [2.45, 2.75) is 0 Å². The first-order valence-corrected chi connectivity index (χ1v) is 9.90. The van der Waals surface area contributed by atoms with E-state index < -0.39 is 0 Å². The molecule has 1 saturated heterocycles. The first-order chi connectivity index (χ1) is 13.8. The van der Waals surface area contributed by atoms with Gasteiger partial charge in [-0.15, -0.1) is 0 Å².